The van der Waals surface area contributed by atoms with E-state index in [1.807, 2.05) is 35.0 Å². The Kier molecular flexibility index (Phi) is 5.30. The van der Waals surface area contributed by atoms with Crippen LogP contribution in [0.5, 0.6) is 5.75 Å². The van der Waals surface area contributed by atoms with Gasteiger partial charge >= 0.3 is 0 Å². The van der Waals surface area contributed by atoms with E-state index in [0.29, 0.717) is 17.9 Å². The highest BCUT2D eigenvalue weighted by Crippen LogP contribution is 2.23. The number of para-hydroxylation sites is 2. The van der Waals surface area contributed by atoms with Crippen molar-refractivity contribution in [3.05, 3.63) is 60.9 Å². The molecule has 0 aliphatic rings. The number of nitrogens with zero attached hydrogens (tertiary/aromatic N) is 4. The zero-order valence-electron chi connectivity index (χ0n) is 16.1. The van der Waals surface area contributed by atoms with E-state index in [0.717, 1.165) is 5.69 Å². The van der Waals surface area contributed by atoms with Gasteiger partial charge in [0.05, 0.1) is 31.2 Å². The Hall–Kier alpha value is -3.09. The Bertz CT molecular complexity index is 893. The van der Waals surface area contributed by atoms with Crippen LogP contribution in [0.25, 0.3) is 5.69 Å². The summed E-state index contributed by atoms with van der Waals surface area (Å²) < 4.78 is 8.98. The molecule has 27 heavy (non-hydrogen) atoms. The largest absolute Gasteiger partial charge is 0.494 e. The molecular formula is C20H25N5O2. The van der Waals surface area contributed by atoms with Crippen molar-refractivity contribution < 1.29 is 9.53 Å². The van der Waals surface area contributed by atoms with Crippen LogP contribution in [0.1, 0.15) is 31.1 Å². The van der Waals surface area contributed by atoms with Gasteiger partial charge in [0, 0.05) is 25.1 Å². The molecule has 0 radical (unpaired) electrons. The van der Waals surface area contributed by atoms with E-state index in [1.165, 1.54) is 0 Å². The maximum atomic E-state index is 12.8. The molecule has 0 fully saturated rings. The van der Waals surface area contributed by atoms with E-state index in [4.69, 9.17) is 4.74 Å². The molecular weight excluding hydrogens is 342 g/mol. The molecule has 2 heterocycles. The van der Waals surface area contributed by atoms with E-state index in [2.05, 4.69) is 36.2 Å². The molecule has 2 aromatic heterocycles. The van der Waals surface area contributed by atoms with Crippen molar-refractivity contribution in [2.45, 2.75) is 33.4 Å². The topological polar surface area (TPSA) is 74.0 Å². The summed E-state index contributed by atoms with van der Waals surface area (Å²) in [5.74, 6) is 0.538. The van der Waals surface area contributed by atoms with E-state index in [-0.39, 0.29) is 17.4 Å². The number of nitrogens with one attached hydrogen (secondary N) is 1. The Morgan fingerprint density at radius 1 is 1.30 bits per heavy atom. The first-order valence-electron chi connectivity index (χ1n) is 8.83. The molecule has 0 bridgehead atoms. The highest BCUT2D eigenvalue weighted by atomic mass is 16.5. The second-order valence-corrected chi connectivity index (χ2v) is 7.50. The Balaban J connectivity index is 1.78. The van der Waals surface area contributed by atoms with Crippen molar-refractivity contribution in [2.24, 2.45) is 5.41 Å². The predicted molar refractivity (Wildman–Crippen MR) is 103 cm³/mol. The lowest BCUT2D eigenvalue weighted by Gasteiger charge is -2.31. The first kappa shape index (κ1) is 18.7. The van der Waals surface area contributed by atoms with Crippen LogP contribution >= 0.6 is 0 Å². The first-order valence-corrected chi connectivity index (χ1v) is 8.83. The molecule has 0 aliphatic carbocycles. The maximum Gasteiger partial charge on any atom is 0.254 e. The molecule has 1 unspecified atom stereocenters. The van der Waals surface area contributed by atoms with Gasteiger partial charge in [-0.05, 0) is 17.5 Å². The molecule has 1 aromatic carbocycles. The van der Waals surface area contributed by atoms with Crippen LogP contribution < -0.4 is 10.1 Å². The Morgan fingerprint density at radius 3 is 2.74 bits per heavy atom. The van der Waals surface area contributed by atoms with Crippen LogP contribution in [0, 0.1) is 5.41 Å². The molecule has 7 nitrogen and oxygen atoms in total. The molecule has 1 amide bonds. The summed E-state index contributed by atoms with van der Waals surface area (Å²) in [7, 11) is 1.61. The summed E-state index contributed by atoms with van der Waals surface area (Å²) in [6, 6.07) is 7.49. The summed E-state index contributed by atoms with van der Waals surface area (Å²) in [6.07, 6.45) is 8.66. The number of rotatable bonds is 6. The third-order valence-corrected chi connectivity index (χ3v) is 4.48. The van der Waals surface area contributed by atoms with Gasteiger partial charge in [0.15, 0.2) is 0 Å². The Morgan fingerprint density at radius 2 is 2.07 bits per heavy atom. The van der Waals surface area contributed by atoms with Gasteiger partial charge in [0.2, 0.25) is 0 Å². The van der Waals surface area contributed by atoms with Gasteiger partial charge < -0.3 is 14.6 Å². The smallest absolute Gasteiger partial charge is 0.254 e. The number of hydrogen-bond donors (Lipinski definition) is 1. The lowest BCUT2D eigenvalue weighted by atomic mass is 9.86. The Labute approximate surface area is 159 Å². The van der Waals surface area contributed by atoms with E-state index >= 15 is 0 Å². The number of carbonyl (C=O) groups excluding carboxylic acids is 1. The number of carbonyl (C=O) groups is 1. The fraction of sp³-hybridized carbons (Fsp3) is 0.350. The lowest BCUT2D eigenvalue weighted by molar-refractivity contribution is 0.0892. The fourth-order valence-corrected chi connectivity index (χ4v) is 2.77. The highest BCUT2D eigenvalue weighted by Gasteiger charge is 2.27. The molecule has 142 valence electrons. The monoisotopic (exact) mass is 367 g/mol. The van der Waals surface area contributed by atoms with Crippen molar-refractivity contribution in [3.8, 4) is 11.4 Å². The number of aromatic nitrogens is 4. The zero-order chi connectivity index (χ0) is 19.4. The molecule has 0 spiro atoms. The molecule has 1 N–H and O–H groups in total. The molecule has 0 saturated heterocycles. The molecule has 0 saturated carbocycles. The number of methoxy groups -OCH3 is 1. The van der Waals surface area contributed by atoms with Crippen LogP contribution in [0.15, 0.2) is 55.4 Å². The second kappa shape index (κ2) is 7.65. The van der Waals surface area contributed by atoms with Crippen LogP contribution in [0.4, 0.5) is 0 Å². The number of benzene rings is 1. The van der Waals surface area contributed by atoms with Gasteiger partial charge in [-0.3, -0.25) is 4.79 Å². The van der Waals surface area contributed by atoms with Gasteiger partial charge in [-0.25, -0.2) is 9.67 Å². The number of imidazole rings is 1. The van der Waals surface area contributed by atoms with Crippen LogP contribution in [0.2, 0.25) is 0 Å². The van der Waals surface area contributed by atoms with Gasteiger partial charge in [-0.1, -0.05) is 32.9 Å². The summed E-state index contributed by atoms with van der Waals surface area (Å²) in [5, 5.41) is 7.45. The minimum Gasteiger partial charge on any atom is -0.494 e. The van der Waals surface area contributed by atoms with Crippen molar-refractivity contribution >= 4 is 5.91 Å². The van der Waals surface area contributed by atoms with Crippen molar-refractivity contribution in [3.63, 3.8) is 0 Å². The second-order valence-electron chi connectivity index (χ2n) is 7.50. The summed E-state index contributed by atoms with van der Waals surface area (Å²) in [4.78, 5) is 16.9. The van der Waals surface area contributed by atoms with Gasteiger partial charge in [-0.2, -0.15) is 5.10 Å². The number of hydrogen-bond acceptors (Lipinski definition) is 4. The van der Waals surface area contributed by atoms with Crippen molar-refractivity contribution in [1.29, 1.82) is 0 Å². The molecule has 3 aromatic rings. The van der Waals surface area contributed by atoms with E-state index in [9.17, 15) is 4.79 Å². The highest BCUT2D eigenvalue weighted by molar-refractivity contribution is 5.94. The summed E-state index contributed by atoms with van der Waals surface area (Å²) in [5.41, 5.74) is 1.17. The zero-order valence-corrected chi connectivity index (χ0v) is 16.1. The summed E-state index contributed by atoms with van der Waals surface area (Å²) >= 11 is 0. The third kappa shape index (κ3) is 4.36. The maximum absolute atomic E-state index is 12.8. The first-order chi connectivity index (χ1) is 12.9. The SMILES string of the molecule is COc1ccccc1-n1cc(C(=O)NC(Cn2ccnc2)C(C)(C)C)cn1. The van der Waals surface area contributed by atoms with Crippen molar-refractivity contribution in [2.75, 3.05) is 7.11 Å². The quantitative estimate of drug-likeness (QED) is 0.727. The van der Waals surface area contributed by atoms with Gasteiger partial charge in [-0.15, -0.1) is 0 Å². The average Bonchev–Trinajstić information content (AvgIpc) is 3.32. The van der Waals surface area contributed by atoms with E-state index < -0.39 is 0 Å². The number of ether oxygens (including phenoxy) is 1. The van der Waals surface area contributed by atoms with Gasteiger partial charge in [0.25, 0.3) is 5.91 Å². The van der Waals surface area contributed by atoms with Gasteiger partial charge in [0.1, 0.15) is 11.4 Å². The average molecular weight is 367 g/mol. The third-order valence-electron chi connectivity index (χ3n) is 4.48. The molecule has 3 rings (SSSR count). The predicted octanol–water partition coefficient (Wildman–Crippen LogP) is 2.92. The van der Waals surface area contributed by atoms with Crippen LogP contribution in [-0.4, -0.2) is 38.4 Å². The summed E-state index contributed by atoms with van der Waals surface area (Å²) in [6.45, 7) is 6.96. The lowest BCUT2D eigenvalue weighted by Crippen LogP contribution is -2.46. The number of amides is 1. The molecule has 0 aliphatic heterocycles. The molecule has 1 atom stereocenters. The van der Waals surface area contributed by atoms with Crippen LogP contribution in [-0.2, 0) is 6.54 Å². The minimum absolute atomic E-state index is 0.0613. The van der Waals surface area contributed by atoms with Crippen molar-refractivity contribution in [1.82, 2.24) is 24.6 Å². The standard InChI is InChI=1S/C20H25N5O2/c1-20(2,3)18(13-24-10-9-21-14-24)23-19(26)15-11-22-25(12-15)16-7-5-6-8-17(16)27-4/h5-12,14,18H,13H2,1-4H3,(H,23,26). The molecule has 7 heteroatoms. The fourth-order valence-electron chi connectivity index (χ4n) is 2.77. The normalized spacial score (nSPS) is 12.6. The van der Waals surface area contributed by atoms with E-state index in [1.54, 1.807) is 36.7 Å². The minimum atomic E-state index is -0.156. The van der Waals surface area contributed by atoms with Crippen LogP contribution in [0.3, 0.4) is 0 Å².